The van der Waals surface area contributed by atoms with Crippen LogP contribution in [0.2, 0.25) is 0 Å². The van der Waals surface area contributed by atoms with Crippen molar-refractivity contribution in [3.05, 3.63) is 47.3 Å². The van der Waals surface area contributed by atoms with E-state index in [2.05, 4.69) is 11.3 Å². The van der Waals surface area contributed by atoms with E-state index in [1.807, 2.05) is 35.7 Å². The summed E-state index contributed by atoms with van der Waals surface area (Å²) in [5.74, 6) is 0.861. The quantitative estimate of drug-likeness (QED) is 0.700. The van der Waals surface area contributed by atoms with E-state index in [9.17, 15) is 5.11 Å². The van der Waals surface area contributed by atoms with Gasteiger partial charge in [-0.15, -0.1) is 0 Å². The van der Waals surface area contributed by atoms with Gasteiger partial charge in [-0.3, -0.25) is 0 Å². The third-order valence-electron chi connectivity index (χ3n) is 3.83. The predicted octanol–water partition coefficient (Wildman–Crippen LogP) is 4.34. The zero-order chi connectivity index (χ0) is 16.4. The Morgan fingerprint density at radius 3 is 2.57 bits per heavy atom. The highest BCUT2D eigenvalue weighted by atomic mass is 32.1. The minimum Gasteiger partial charge on any atom is -0.507 e. The summed E-state index contributed by atoms with van der Waals surface area (Å²) in [6.07, 6.45) is 0.817. The molecule has 0 radical (unpaired) electrons. The van der Waals surface area contributed by atoms with Crippen LogP contribution in [0.15, 0.2) is 41.8 Å². The van der Waals surface area contributed by atoms with E-state index in [0.717, 1.165) is 40.1 Å². The van der Waals surface area contributed by atoms with Crippen molar-refractivity contribution < 1.29 is 9.84 Å². The van der Waals surface area contributed by atoms with Gasteiger partial charge in [-0.2, -0.15) is 4.37 Å². The van der Waals surface area contributed by atoms with E-state index >= 15 is 0 Å². The van der Waals surface area contributed by atoms with Gasteiger partial charge in [0.05, 0.1) is 12.8 Å². The highest BCUT2D eigenvalue weighted by Crippen LogP contribution is 2.40. The van der Waals surface area contributed by atoms with Crippen LogP contribution in [-0.2, 0) is 6.42 Å². The van der Waals surface area contributed by atoms with Crippen LogP contribution in [0.4, 0.5) is 5.69 Å². The summed E-state index contributed by atoms with van der Waals surface area (Å²) in [5.41, 5.74) is 11.0. The van der Waals surface area contributed by atoms with Crippen molar-refractivity contribution in [3.63, 3.8) is 0 Å². The third kappa shape index (κ3) is 2.87. The average Bonchev–Trinajstić information content (AvgIpc) is 3.04. The fraction of sp³-hybridized carbons (Fsp3) is 0.167. The molecule has 4 nitrogen and oxygen atoms in total. The Labute approximate surface area is 139 Å². The van der Waals surface area contributed by atoms with Crippen LogP contribution < -0.4 is 10.5 Å². The van der Waals surface area contributed by atoms with E-state index in [-0.39, 0.29) is 5.75 Å². The summed E-state index contributed by atoms with van der Waals surface area (Å²) in [6.45, 7) is 2.06. The molecule has 0 saturated carbocycles. The Morgan fingerprint density at radius 1 is 1.17 bits per heavy atom. The molecule has 23 heavy (non-hydrogen) atoms. The van der Waals surface area contributed by atoms with Crippen LogP contribution >= 0.6 is 11.5 Å². The number of rotatable bonds is 4. The SMILES string of the molecule is CCc1cc(-c2nscc2-c2ccc(N)cc2)c(O)cc1OC. The monoisotopic (exact) mass is 326 g/mol. The molecule has 2 aromatic carbocycles. The van der Waals surface area contributed by atoms with Crippen LogP contribution in [0.3, 0.4) is 0 Å². The number of aromatic hydroxyl groups is 1. The van der Waals surface area contributed by atoms with Crippen molar-refractivity contribution in [1.29, 1.82) is 0 Å². The fourth-order valence-electron chi connectivity index (χ4n) is 2.57. The predicted molar refractivity (Wildman–Crippen MR) is 95.0 cm³/mol. The number of ether oxygens (including phenoxy) is 1. The first-order valence-electron chi connectivity index (χ1n) is 7.34. The maximum absolute atomic E-state index is 10.4. The lowest BCUT2D eigenvalue weighted by Gasteiger charge is -2.12. The first-order chi connectivity index (χ1) is 11.1. The molecular weight excluding hydrogens is 308 g/mol. The zero-order valence-electron chi connectivity index (χ0n) is 13.0. The van der Waals surface area contributed by atoms with Gasteiger partial charge in [0.25, 0.3) is 0 Å². The number of methoxy groups -OCH3 is 1. The van der Waals surface area contributed by atoms with E-state index in [1.165, 1.54) is 11.5 Å². The number of aromatic nitrogens is 1. The molecular formula is C18H18N2O2S. The van der Waals surface area contributed by atoms with Gasteiger partial charge in [-0.05, 0) is 47.3 Å². The van der Waals surface area contributed by atoms with Gasteiger partial charge >= 0.3 is 0 Å². The number of hydrogen-bond acceptors (Lipinski definition) is 5. The molecule has 0 unspecified atom stereocenters. The minimum atomic E-state index is 0.168. The number of benzene rings is 2. The molecule has 1 heterocycles. The minimum absolute atomic E-state index is 0.168. The number of aryl methyl sites for hydroxylation is 1. The number of phenols is 1. The molecule has 0 saturated heterocycles. The van der Waals surface area contributed by atoms with Crippen LogP contribution in [0.1, 0.15) is 12.5 Å². The van der Waals surface area contributed by atoms with E-state index in [1.54, 1.807) is 13.2 Å². The molecule has 0 bridgehead atoms. The average molecular weight is 326 g/mol. The molecule has 0 fully saturated rings. The molecule has 118 valence electrons. The second-order valence-electron chi connectivity index (χ2n) is 5.23. The lowest BCUT2D eigenvalue weighted by molar-refractivity contribution is 0.403. The molecule has 1 aromatic heterocycles. The van der Waals surface area contributed by atoms with Gasteiger partial charge in [0.2, 0.25) is 0 Å². The second-order valence-corrected chi connectivity index (χ2v) is 5.86. The highest BCUT2D eigenvalue weighted by molar-refractivity contribution is 7.04. The smallest absolute Gasteiger partial charge is 0.128 e. The Bertz CT molecular complexity index is 826. The van der Waals surface area contributed by atoms with Crippen molar-refractivity contribution in [3.8, 4) is 33.9 Å². The summed E-state index contributed by atoms with van der Waals surface area (Å²) < 4.78 is 9.81. The Kier molecular flexibility index (Phi) is 4.21. The van der Waals surface area contributed by atoms with Crippen molar-refractivity contribution in [2.45, 2.75) is 13.3 Å². The van der Waals surface area contributed by atoms with Crippen LogP contribution in [0.25, 0.3) is 22.4 Å². The number of nitrogen functional groups attached to an aromatic ring is 1. The van der Waals surface area contributed by atoms with E-state index in [4.69, 9.17) is 10.5 Å². The van der Waals surface area contributed by atoms with Crippen molar-refractivity contribution in [2.75, 3.05) is 12.8 Å². The standard InChI is InChI=1S/C18H18N2O2S/c1-3-11-8-14(16(21)9-17(11)22-2)18-15(10-23-20-18)12-4-6-13(19)7-5-12/h4-10,21H,3,19H2,1-2H3. The van der Waals surface area contributed by atoms with Crippen molar-refractivity contribution in [1.82, 2.24) is 4.37 Å². The number of nitrogens with zero attached hydrogens (tertiary/aromatic N) is 1. The molecule has 0 atom stereocenters. The van der Waals surface area contributed by atoms with Gasteiger partial charge < -0.3 is 15.6 Å². The summed E-state index contributed by atoms with van der Waals surface area (Å²) in [4.78, 5) is 0. The molecule has 5 heteroatoms. The molecule has 0 aliphatic rings. The van der Waals surface area contributed by atoms with Crippen molar-refractivity contribution >= 4 is 17.2 Å². The Balaban J connectivity index is 2.13. The van der Waals surface area contributed by atoms with Crippen LogP contribution in [-0.4, -0.2) is 16.6 Å². The van der Waals surface area contributed by atoms with Gasteiger partial charge in [-0.1, -0.05) is 19.1 Å². The fourth-order valence-corrected chi connectivity index (χ4v) is 3.28. The van der Waals surface area contributed by atoms with Crippen LogP contribution in [0, 0.1) is 0 Å². The summed E-state index contributed by atoms with van der Waals surface area (Å²) >= 11 is 1.37. The van der Waals surface area contributed by atoms with Gasteiger partial charge in [0.1, 0.15) is 11.5 Å². The normalized spacial score (nSPS) is 10.7. The highest BCUT2D eigenvalue weighted by Gasteiger charge is 2.17. The second kappa shape index (κ2) is 6.30. The summed E-state index contributed by atoms with van der Waals surface area (Å²) in [6, 6.07) is 11.3. The molecule has 3 rings (SSSR count). The topological polar surface area (TPSA) is 68.4 Å². The summed E-state index contributed by atoms with van der Waals surface area (Å²) in [7, 11) is 1.61. The molecule has 0 amide bonds. The van der Waals surface area contributed by atoms with Gasteiger partial charge in [0, 0.05) is 28.3 Å². The molecule has 3 N–H and O–H groups in total. The molecule has 0 aliphatic heterocycles. The lowest BCUT2D eigenvalue weighted by Crippen LogP contribution is -1.93. The zero-order valence-corrected chi connectivity index (χ0v) is 13.9. The number of hydrogen-bond donors (Lipinski definition) is 2. The number of nitrogens with two attached hydrogens (primary N) is 1. The number of phenolic OH excluding ortho intramolecular Hbond substituents is 1. The van der Waals surface area contributed by atoms with E-state index in [0.29, 0.717) is 5.75 Å². The van der Waals surface area contributed by atoms with Crippen molar-refractivity contribution in [2.24, 2.45) is 0 Å². The largest absolute Gasteiger partial charge is 0.507 e. The third-order valence-corrected chi connectivity index (χ3v) is 4.46. The Hall–Kier alpha value is -2.53. The summed E-state index contributed by atoms with van der Waals surface area (Å²) in [5, 5.41) is 12.4. The van der Waals surface area contributed by atoms with Gasteiger partial charge in [-0.25, -0.2) is 0 Å². The van der Waals surface area contributed by atoms with Gasteiger partial charge in [0.15, 0.2) is 0 Å². The van der Waals surface area contributed by atoms with E-state index < -0.39 is 0 Å². The molecule has 0 spiro atoms. The van der Waals surface area contributed by atoms with Crippen LogP contribution in [0.5, 0.6) is 11.5 Å². The molecule has 3 aromatic rings. The maximum atomic E-state index is 10.4. The lowest BCUT2D eigenvalue weighted by atomic mass is 9.98. The first kappa shape index (κ1) is 15.4. The molecule has 0 aliphatic carbocycles. The first-order valence-corrected chi connectivity index (χ1v) is 8.18. The number of anilines is 1. The Morgan fingerprint density at radius 2 is 1.91 bits per heavy atom. The maximum Gasteiger partial charge on any atom is 0.128 e.